The molecule has 0 saturated heterocycles. The molecule has 7 nitrogen and oxygen atoms in total. The second-order valence-electron chi connectivity index (χ2n) is 7.88. The largest absolute Gasteiger partial charge is 0.454 e. The number of ether oxygens (including phenoxy) is 2. The number of thioether (sulfide) groups is 1. The van der Waals surface area contributed by atoms with E-state index in [9.17, 15) is 9.59 Å². The van der Waals surface area contributed by atoms with Crippen molar-refractivity contribution in [3.63, 3.8) is 0 Å². The summed E-state index contributed by atoms with van der Waals surface area (Å²) in [7, 11) is 0. The van der Waals surface area contributed by atoms with E-state index in [1.54, 1.807) is 10.6 Å². The average molecular weight is 474 g/mol. The molecule has 1 amide bonds. The molecular weight excluding hydrogens is 450 g/mol. The number of rotatable bonds is 7. The molecule has 34 heavy (non-hydrogen) atoms. The van der Waals surface area contributed by atoms with Gasteiger partial charge in [0, 0.05) is 5.69 Å². The second-order valence-corrected chi connectivity index (χ2v) is 8.82. The predicted molar refractivity (Wildman–Crippen MR) is 133 cm³/mol. The number of nitrogens with zero attached hydrogens (tertiary/aromatic N) is 2. The number of amides is 1. The summed E-state index contributed by atoms with van der Waals surface area (Å²) in [6.45, 7) is 2.56. The molecule has 0 unspecified atom stereocenters. The zero-order valence-electron chi connectivity index (χ0n) is 18.6. The van der Waals surface area contributed by atoms with Crippen LogP contribution in [-0.4, -0.2) is 28.0 Å². The Morgan fingerprint density at radius 1 is 1.03 bits per heavy atom. The van der Waals surface area contributed by atoms with Gasteiger partial charge in [0.25, 0.3) is 5.56 Å². The van der Waals surface area contributed by atoms with Crippen LogP contribution < -0.4 is 20.3 Å². The molecule has 3 aromatic carbocycles. The number of fused-ring (bicyclic) bond motifs is 2. The Bertz CT molecular complexity index is 1430. The molecule has 0 spiro atoms. The van der Waals surface area contributed by atoms with Crippen LogP contribution in [-0.2, 0) is 17.8 Å². The highest BCUT2D eigenvalue weighted by Crippen LogP contribution is 2.33. The molecule has 0 atom stereocenters. The van der Waals surface area contributed by atoms with Crippen LogP contribution in [0.15, 0.2) is 76.7 Å². The molecule has 1 aliphatic heterocycles. The number of hydrogen-bond donors (Lipinski definition) is 1. The molecule has 172 valence electrons. The third kappa shape index (κ3) is 4.63. The number of para-hydroxylation sites is 1. The Labute approximate surface area is 200 Å². The molecule has 0 aliphatic carbocycles. The number of nitrogens with one attached hydrogen (secondary N) is 1. The van der Waals surface area contributed by atoms with Crippen molar-refractivity contribution in [3.05, 3.63) is 88.2 Å². The number of carbonyl (C=O) groups excluding carboxylic acids is 1. The minimum absolute atomic E-state index is 0.127. The molecule has 8 heteroatoms. The number of aromatic nitrogens is 2. The van der Waals surface area contributed by atoms with Gasteiger partial charge in [0.2, 0.25) is 12.7 Å². The lowest BCUT2D eigenvalue weighted by molar-refractivity contribution is -0.113. The maximum absolute atomic E-state index is 13.3. The molecule has 1 N–H and O–H groups in total. The number of aryl methyl sites for hydroxylation is 1. The molecule has 0 bridgehead atoms. The molecule has 1 aliphatic rings. The summed E-state index contributed by atoms with van der Waals surface area (Å²) in [5, 5.41) is 3.95. The summed E-state index contributed by atoms with van der Waals surface area (Å²) < 4.78 is 12.5. The van der Waals surface area contributed by atoms with Gasteiger partial charge in [-0.3, -0.25) is 14.2 Å². The van der Waals surface area contributed by atoms with E-state index < -0.39 is 0 Å². The molecule has 5 rings (SSSR count). The van der Waals surface area contributed by atoms with Gasteiger partial charge in [-0.25, -0.2) is 4.98 Å². The topological polar surface area (TPSA) is 82.5 Å². The third-order valence-corrected chi connectivity index (χ3v) is 6.53. The minimum Gasteiger partial charge on any atom is -0.454 e. The quantitative estimate of drug-likeness (QED) is 0.315. The van der Waals surface area contributed by atoms with E-state index >= 15 is 0 Å². The Kier molecular flexibility index (Phi) is 6.22. The van der Waals surface area contributed by atoms with Crippen molar-refractivity contribution in [2.24, 2.45) is 0 Å². The van der Waals surface area contributed by atoms with Crippen LogP contribution in [0.2, 0.25) is 0 Å². The van der Waals surface area contributed by atoms with Gasteiger partial charge in [0.1, 0.15) is 0 Å². The monoisotopic (exact) mass is 473 g/mol. The van der Waals surface area contributed by atoms with Gasteiger partial charge in [-0.1, -0.05) is 49.0 Å². The van der Waals surface area contributed by atoms with Crippen LogP contribution in [0.25, 0.3) is 10.9 Å². The molecule has 1 aromatic heterocycles. The first-order chi connectivity index (χ1) is 16.6. The summed E-state index contributed by atoms with van der Waals surface area (Å²) in [5.74, 6) is 1.31. The first kappa shape index (κ1) is 22.0. The van der Waals surface area contributed by atoms with Gasteiger partial charge in [0.15, 0.2) is 16.7 Å². The van der Waals surface area contributed by atoms with Gasteiger partial charge in [-0.05, 0) is 53.9 Å². The fourth-order valence-corrected chi connectivity index (χ4v) is 4.61. The summed E-state index contributed by atoms with van der Waals surface area (Å²) in [4.78, 5) is 30.7. The third-order valence-electron chi connectivity index (χ3n) is 5.56. The highest BCUT2D eigenvalue weighted by molar-refractivity contribution is 7.99. The standard InChI is InChI=1S/C26H23N3O4S/c1-2-17-6-5-7-19(12-17)27-24(30)15-34-26-28-21-9-4-3-8-20(21)25(31)29(26)14-18-10-11-22-23(13-18)33-16-32-22/h3-13H,2,14-16H2,1H3,(H,27,30). The Balaban J connectivity index is 1.41. The second kappa shape index (κ2) is 9.61. The lowest BCUT2D eigenvalue weighted by Gasteiger charge is -2.14. The van der Waals surface area contributed by atoms with E-state index in [2.05, 4.69) is 12.2 Å². The summed E-state index contributed by atoms with van der Waals surface area (Å²) in [6.07, 6.45) is 0.894. The predicted octanol–water partition coefficient (Wildman–Crippen LogP) is 4.47. The smallest absolute Gasteiger partial charge is 0.262 e. The highest BCUT2D eigenvalue weighted by atomic mass is 32.2. The molecule has 0 fully saturated rings. The van der Waals surface area contributed by atoms with Crippen molar-refractivity contribution in [2.45, 2.75) is 25.0 Å². The van der Waals surface area contributed by atoms with E-state index in [0.717, 1.165) is 23.2 Å². The van der Waals surface area contributed by atoms with Crippen molar-refractivity contribution >= 4 is 34.3 Å². The van der Waals surface area contributed by atoms with E-state index in [1.807, 2.05) is 60.7 Å². The van der Waals surface area contributed by atoms with Crippen LogP contribution in [0.3, 0.4) is 0 Å². The van der Waals surface area contributed by atoms with Gasteiger partial charge in [0.05, 0.1) is 23.2 Å². The van der Waals surface area contributed by atoms with E-state index in [0.29, 0.717) is 34.1 Å². The first-order valence-corrected chi connectivity index (χ1v) is 12.0. The number of carbonyl (C=O) groups is 1. The molecular formula is C26H23N3O4S. The van der Waals surface area contributed by atoms with Crippen LogP contribution in [0.1, 0.15) is 18.1 Å². The Morgan fingerprint density at radius 2 is 1.88 bits per heavy atom. The van der Waals surface area contributed by atoms with Crippen molar-refractivity contribution in [3.8, 4) is 11.5 Å². The van der Waals surface area contributed by atoms with E-state index in [-0.39, 0.29) is 24.0 Å². The van der Waals surface area contributed by atoms with Crippen molar-refractivity contribution < 1.29 is 14.3 Å². The fourth-order valence-electron chi connectivity index (χ4n) is 3.82. The van der Waals surface area contributed by atoms with Gasteiger partial charge < -0.3 is 14.8 Å². The molecule has 4 aromatic rings. The zero-order valence-corrected chi connectivity index (χ0v) is 19.4. The van der Waals surface area contributed by atoms with Crippen LogP contribution >= 0.6 is 11.8 Å². The maximum atomic E-state index is 13.3. The fraction of sp³-hybridized carbons (Fsp3) is 0.192. The van der Waals surface area contributed by atoms with Crippen LogP contribution in [0.5, 0.6) is 11.5 Å². The average Bonchev–Trinajstić information content (AvgIpc) is 3.33. The van der Waals surface area contributed by atoms with Crippen LogP contribution in [0.4, 0.5) is 5.69 Å². The highest BCUT2D eigenvalue weighted by Gasteiger charge is 2.17. The first-order valence-electron chi connectivity index (χ1n) is 11.0. The Hall–Kier alpha value is -3.78. The minimum atomic E-state index is -0.157. The summed E-state index contributed by atoms with van der Waals surface area (Å²) >= 11 is 1.24. The lowest BCUT2D eigenvalue weighted by Crippen LogP contribution is -2.25. The maximum Gasteiger partial charge on any atom is 0.262 e. The van der Waals surface area contributed by atoms with Crippen molar-refractivity contribution in [2.75, 3.05) is 17.9 Å². The number of hydrogen-bond acceptors (Lipinski definition) is 6. The number of benzene rings is 3. The number of anilines is 1. The molecule has 0 saturated carbocycles. The lowest BCUT2D eigenvalue weighted by atomic mass is 10.1. The zero-order chi connectivity index (χ0) is 23.5. The molecule has 2 heterocycles. The van der Waals surface area contributed by atoms with Crippen LogP contribution in [0, 0.1) is 0 Å². The van der Waals surface area contributed by atoms with Crippen molar-refractivity contribution in [1.29, 1.82) is 0 Å². The Morgan fingerprint density at radius 3 is 2.76 bits per heavy atom. The van der Waals surface area contributed by atoms with Crippen molar-refractivity contribution in [1.82, 2.24) is 9.55 Å². The normalized spacial score (nSPS) is 12.1. The van der Waals surface area contributed by atoms with E-state index in [4.69, 9.17) is 14.5 Å². The SMILES string of the molecule is CCc1cccc(NC(=O)CSc2nc3ccccc3c(=O)n2Cc2ccc3c(c2)OCO3)c1. The summed E-state index contributed by atoms with van der Waals surface area (Å²) in [5.41, 5.74) is 3.24. The van der Waals surface area contributed by atoms with Gasteiger partial charge in [-0.15, -0.1) is 0 Å². The van der Waals surface area contributed by atoms with Gasteiger partial charge in [-0.2, -0.15) is 0 Å². The van der Waals surface area contributed by atoms with Gasteiger partial charge >= 0.3 is 0 Å². The van der Waals surface area contributed by atoms with E-state index in [1.165, 1.54) is 11.8 Å². The molecule has 0 radical (unpaired) electrons. The summed E-state index contributed by atoms with van der Waals surface area (Å²) in [6, 6.07) is 20.6.